The predicted molar refractivity (Wildman–Crippen MR) is 72.9 cm³/mol. The van der Waals surface area contributed by atoms with Crippen molar-refractivity contribution in [3.8, 4) is 0 Å². The van der Waals surface area contributed by atoms with Crippen molar-refractivity contribution in [3.63, 3.8) is 0 Å². The second-order valence-electron chi connectivity index (χ2n) is 3.83. The number of nitrogens with zero attached hydrogens (tertiary/aromatic N) is 1. The Labute approximate surface area is 110 Å². The van der Waals surface area contributed by atoms with E-state index in [-0.39, 0.29) is 18.5 Å². The molecule has 4 nitrogen and oxygen atoms in total. The molecule has 0 aromatic carbocycles. The number of hydrogen-bond acceptors (Lipinski definition) is 3. The molecule has 1 amide bonds. The van der Waals surface area contributed by atoms with Gasteiger partial charge in [-0.3, -0.25) is 9.78 Å². The molecule has 0 aliphatic heterocycles. The van der Waals surface area contributed by atoms with Crippen LogP contribution in [0.4, 0.5) is 5.69 Å². The van der Waals surface area contributed by atoms with Crippen molar-refractivity contribution < 1.29 is 4.79 Å². The summed E-state index contributed by atoms with van der Waals surface area (Å²) in [7, 11) is 0. The molecule has 0 fully saturated rings. The third kappa shape index (κ3) is 5.17. The lowest BCUT2D eigenvalue weighted by Crippen LogP contribution is -2.37. The number of aromatic nitrogens is 1. The highest BCUT2D eigenvalue weighted by molar-refractivity contribution is 9.10. The topological polar surface area (TPSA) is 54.0 Å². The molecule has 0 spiro atoms. The Balaban J connectivity index is 2.38. The van der Waals surface area contributed by atoms with E-state index in [2.05, 4.69) is 45.4 Å². The Morgan fingerprint density at radius 2 is 2.12 bits per heavy atom. The zero-order valence-electron chi connectivity index (χ0n) is 10.2. The zero-order chi connectivity index (χ0) is 12.7. The molecule has 5 heteroatoms. The number of amides is 1. The summed E-state index contributed by atoms with van der Waals surface area (Å²) in [6.45, 7) is 4.41. The standard InChI is InChI=1S/C12H18BrN3O/c1-3-10(4-2)16-12(17)8-15-11-5-9(13)6-14-7-11/h5-7,10,15H,3-4,8H2,1-2H3,(H,16,17). The molecule has 1 heterocycles. The maximum absolute atomic E-state index is 11.6. The quantitative estimate of drug-likeness (QED) is 0.849. The van der Waals surface area contributed by atoms with Crippen LogP contribution in [0.5, 0.6) is 0 Å². The first-order valence-electron chi connectivity index (χ1n) is 5.79. The summed E-state index contributed by atoms with van der Waals surface area (Å²) in [6, 6.07) is 2.15. The van der Waals surface area contributed by atoms with E-state index in [1.54, 1.807) is 12.4 Å². The number of rotatable bonds is 6. The Kier molecular flexibility index (Phi) is 5.97. The highest BCUT2D eigenvalue weighted by Crippen LogP contribution is 2.13. The lowest BCUT2D eigenvalue weighted by atomic mass is 10.2. The first-order valence-corrected chi connectivity index (χ1v) is 6.58. The van der Waals surface area contributed by atoms with Gasteiger partial charge in [-0.2, -0.15) is 0 Å². The normalized spacial score (nSPS) is 10.4. The Bertz CT molecular complexity index is 367. The maximum Gasteiger partial charge on any atom is 0.239 e. The van der Waals surface area contributed by atoms with Crippen LogP contribution in [0.15, 0.2) is 22.9 Å². The minimum Gasteiger partial charge on any atom is -0.375 e. The first kappa shape index (κ1) is 14.0. The first-order chi connectivity index (χ1) is 8.15. The molecule has 0 radical (unpaired) electrons. The number of nitrogens with one attached hydrogen (secondary N) is 2. The number of halogens is 1. The minimum atomic E-state index is 0.0127. The summed E-state index contributed by atoms with van der Waals surface area (Å²) in [4.78, 5) is 15.6. The molecule has 1 aromatic heterocycles. The van der Waals surface area contributed by atoms with Crippen molar-refractivity contribution in [2.24, 2.45) is 0 Å². The highest BCUT2D eigenvalue weighted by Gasteiger charge is 2.07. The van der Waals surface area contributed by atoms with Gasteiger partial charge in [0.2, 0.25) is 5.91 Å². The van der Waals surface area contributed by atoms with E-state index in [1.165, 1.54) is 0 Å². The summed E-state index contributed by atoms with van der Waals surface area (Å²) >= 11 is 3.33. The molecule has 0 saturated heterocycles. The largest absolute Gasteiger partial charge is 0.375 e. The summed E-state index contributed by atoms with van der Waals surface area (Å²) in [5.74, 6) is 0.0127. The van der Waals surface area contributed by atoms with Crippen molar-refractivity contribution >= 4 is 27.5 Å². The average molecular weight is 300 g/mol. The van der Waals surface area contributed by atoms with Crippen LogP contribution in [-0.4, -0.2) is 23.5 Å². The van der Waals surface area contributed by atoms with Crippen molar-refractivity contribution in [2.45, 2.75) is 32.7 Å². The van der Waals surface area contributed by atoms with E-state index in [1.807, 2.05) is 6.07 Å². The fourth-order valence-electron chi connectivity index (χ4n) is 1.46. The number of carbonyl (C=O) groups excluding carboxylic acids is 1. The van der Waals surface area contributed by atoms with Gasteiger partial charge in [0.05, 0.1) is 18.4 Å². The molecule has 1 aromatic rings. The van der Waals surface area contributed by atoms with Crippen LogP contribution in [0.3, 0.4) is 0 Å². The smallest absolute Gasteiger partial charge is 0.239 e. The van der Waals surface area contributed by atoms with Gasteiger partial charge in [0, 0.05) is 16.7 Å². The maximum atomic E-state index is 11.6. The lowest BCUT2D eigenvalue weighted by Gasteiger charge is -2.15. The number of anilines is 1. The Morgan fingerprint density at radius 1 is 1.41 bits per heavy atom. The third-order valence-corrected chi connectivity index (χ3v) is 2.94. The van der Waals surface area contributed by atoms with Gasteiger partial charge < -0.3 is 10.6 Å². The van der Waals surface area contributed by atoms with E-state index in [0.29, 0.717) is 0 Å². The zero-order valence-corrected chi connectivity index (χ0v) is 11.8. The molecule has 2 N–H and O–H groups in total. The molecule has 0 atom stereocenters. The molecule has 0 aliphatic rings. The number of carbonyl (C=O) groups is 1. The molecule has 94 valence electrons. The summed E-state index contributed by atoms with van der Waals surface area (Å²) in [5.41, 5.74) is 0.832. The Morgan fingerprint density at radius 3 is 2.71 bits per heavy atom. The van der Waals surface area contributed by atoms with Crippen LogP contribution in [0.2, 0.25) is 0 Å². The molecule has 1 rings (SSSR count). The van der Waals surface area contributed by atoms with Crippen LogP contribution in [-0.2, 0) is 4.79 Å². The molecule has 0 unspecified atom stereocenters. The van der Waals surface area contributed by atoms with Gasteiger partial charge in [0.1, 0.15) is 0 Å². The van der Waals surface area contributed by atoms with E-state index < -0.39 is 0 Å². The van der Waals surface area contributed by atoms with Crippen molar-refractivity contribution in [2.75, 3.05) is 11.9 Å². The lowest BCUT2D eigenvalue weighted by molar-refractivity contribution is -0.120. The van der Waals surface area contributed by atoms with E-state index >= 15 is 0 Å². The van der Waals surface area contributed by atoms with Crippen LogP contribution in [0, 0.1) is 0 Å². The molecular weight excluding hydrogens is 282 g/mol. The van der Waals surface area contributed by atoms with Crippen LogP contribution >= 0.6 is 15.9 Å². The second-order valence-corrected chi connectivity index (χ2v) is 4.74. The highest BCUT2D eigenvalue weighted by atomic mass is 79.9. The fourth-order valence-corrected chi connectivity index (χ4v) is 1.83. The minimum absolute atomic E-state index is 0.0127. The van der Waals surface area contributed by atoms with Gasteiger partial charge in [-0.05, 0) is 34.8 Å². The van der Waals surface area contributed by atoms with Gasteiger partial charge in [0.15, 0.2) is 0 Å². The molecule has 0 aliphatic carbocycles. The van der Waals surface area contributed by atoms with Crippen molar-refractivity contribution in [3.05, 3.63) is 22.9 Å². The van der Waals surface area contributed by atoms with Crippen LogP contribution in [0.25, 0.3) is 0 Å². The summed E-state index contributed by atoms with van der Waals surface area (Å²) in [6.07, 6.45) is 5.31. The van der Waals surface area contributed by atoms with E-state index in [4.69, 9.17) is 0 Å². The van der Waals surface area contributed by atoms with Gasteiger partial charge in [-0.1, -0.05) is 13.8 Å². The van der Waals surface area contributed by atoms with E-state index in [9.17, 15) is 4.79 Å². The molecule has 17 heavy (non-hydrogen) atoms. The number of hydrogen-bond donors (Lipinski definition) is 2. The van der Waals surface area contributed by atoms with Gasteiger partial charge in [-0.15, -0.1) is 0 Å². The third-order valence-electron chi connectivity index (χ3n) is 2.51. The van der Waals surface area contributed by atoms with Gasteiger partial charge in [0.25, 0.3) is 0 Å². The average Bonchev–Trinajstić information content (AvgIpc) is 2.33. The van der Waals surface area contributed by atoms with Gasteiger partial charge >= 0.3 is 0 Å². The summed E-state index contributed by atoms with van der Waals surface area (Å²) in [5, 5.41) is 6.00. The SMILES string of the molecule is CCC(CC)NC(=O)CNc1cncc(Br)c1. The molecular formula is C12H18BrN3O. The predicted octanol–water partition coefficient (Wildman–Crippen LogP) is 2.56. The monoisotopic (exact) mass is 299 g/mol. The van der Waals surface area contributed by atoms with Crippen LogP contribution in [0.1, 0.15) is 26.7 Å². The van der Waals surface area contributed by atoms with Crippen molar-refractivity contribution in [1.82, 2.24) is 10.3 Å². The molecule has 0 saturated carbocycles. The molecule has 0 bridgehead atoms. The fraction of sp³-hybridized carbons (Fsp3) is 0.500. The summed E-state index contributed by atoms with van der Waals surface area (Å²) < 4.78 is 0.892. The number of pyridine rings is 1. The van der Waals surface area contributed by atoms with Crippen molar-refractivity contribution in [1.29, 1.82) is 0 Å². The van der Waals surface area contributed by atoms with Gasteiger partial charge in [-0.25, -0.2) is 0 Å². The Hall–Kier alpha value is -1.10. The van der Waals surface area contributed by atoms with Crippen LogP contribution < -0.4 is 10.6 Å². The van der Waals surface area contributed by atoms with E-state index in [0.717, 1.165) is 23.0 Å². The second kappa shape index (κ2) is 7.27.